The summed E-state index contributed by atoms with van der Waals surface area (Å²) in [7, 11) is 1.72. The van der Waals surface area contributed by atoms with Crippen LogP contribution in [0.25, 0.3) is 0 Å². The van der Waals surface area contributed by atoms with Gasteiger partial charge in [0.1, 0.15) is 0 Å². The minimum absolute atomic E-state index is 0.104. The monoisotopic (exact) mass is 309 g/mol. The number of nitrogens with zero attached hydrogens (tertiary/aromatic N) is 1. The topological polar surface area (TPSA) is 57.6 Å². The van der Waals surface area contributed by atoms with Crippen molar-refractivity contribution in [3.05, 3.63) is 34.9 Å². The van der Waals surface area contributed by atoms with Crippen LogP contribution in [0.3, 0.4) is 0 Å². The number of amides is 1. The highest BCUT2D eigenvalue weighted by Crippen LogP contribution is 2.35. The fraction of sp³-hybridized carbons (Fsp3) is 0.500. The Balaban J connectivity index is 2.16. The zero-order valence-electron chi connectivity index (χ0n) is 12.3. The molecule has 1 amide bonds. The average Bonchev–Trinajstić information content (AvgIpc) is 2.95. The summed E-state index contributed by atoms with van der Waals surface area (Å²) < 4.78 is 0. The number of carboxylic acid groups (broad SMARTS) is 1. The van der Waals surface area contributed by atoms with E-state index in [1.54, 1.807) is 18.0 Å². The van der Waals surface area contributed by atoms with Crippen LogP contribution in [0, 0.1) is 11.8 Å². The average molecular weight is 310 g/mol. The smallest absolute Gasteiger partial charge is 0.307 e. The van der Waals surface area contributed by atoms with Gasteiger partial charge in [-0.25, -0.2) is 0 Å². The highest BCUT2D eigenvalue weighted by Gasteiger charge is 2.40. The van der Waals surface area contributed by atoms with Crippen LogP contribution in [-0.2, 0) is 9.59 Å². The van der Waals surface area contributed by atoms with E-state index in [0.29, 0.717) is 17.9 Å². The van der Waals surface area contributed by atoms with Gasteiger partial charge in [0.25, 0.3) is 0 Å². The number of aliphatic carboxylic acids is 1. The molecule has 0 aromatic heterocycles. The summed E-state index contributed by atoms with van der Waals surface area (Å²) in [6.07, 6.45) is 2.02. The first-order valence-corrected chi connectivity index (χ1v) is 7.55. The molecule has 3 unspecified atom stereocenters. The Bertz CT molecular complexity index is 546. The van der Waals surface area contributed by atoms with E-state index in [1.807, 2.05) is 25.1 Å². The second kappa shape index (κ2) is 6.48. The lowest BCUT2D eigenvalue weighted by atomic mass is 9.94. The van der Waals surface area contributed by atoms with Crippen LogP contribution in [0.15, 0.2) is 24.3 Å². The van der Waals surface area contributed by atoms with Crippen molar-refractivity contribution in [2.75, 3.05) is 7.05 Å². The third kappa shape index (κ3) is 3.21. The summed E-state index contributed by atoms with van der Waals surface area (Å²) in [5, 5.41) is 9.84. The molecule has 0 aliphatic heterocycles. The Morgan fingerprint density at radius 2 is 1.90 bits per heavy atom. The van der Waals surface area contributed by atoms with E-state index in [2.05, 4.69) is 0 Å². The van der Waals surface area contributed by atoms with Crippen LogP contribution >= 0.6 is 11.6 Å². The maximum absolute atomic E-state index is 12.6. The molecule has 4 nitrogen and oxygen atoms in total. The van der Waals surface area contributed by atoms with E-state index in [-0.39, 0.29) is 11.9 Å². The zero-order valence-corrected chi connectivity index (χ0v) is 13.0. The van der Waals surface area contributed by atoms with E-state index < -0.39 is 17.8 Å². The quantitative estimate of drug-likeness (QED) is 0.927. The Kier molecular flexibility index (Phi) is 4.88. The standard InChI is InChI=1S/C16H20ClNO3/c1-10(11-6-3-4-9-14(11)17)18(2)15(19)12-7-5-8-13(12)16(20)21/h3-4,6,9-10,12-13H,5,7-8H2,1-2H3,(H,20,21). The molecular weight excluding hydrogens is 290 g/mol. The predicted molar refractivity (Wildman–Crippen MR) is 81.1 cm³/mol. The number of rotatable bonds is 4. The molecule has 0 radical (unpaired) electrons. The van der Waals surface area contributed by atoms with Crippen molar-refractivity contribution in [2.45, 2.75) is 32.2 Å². The molecule has 0 spiro atoms. The van der Waals surface area contributed by atoms with Crippen LogP contribution in [0.4, 0.5) is 0 Å². The summed E-state index contributed by atoms with van der Waals surface area (Å²) >= 11 is 6.17. The van der Waals surface area contributed by atoms with Crippen LogP contribution in [0.5, 0.6) is 0 Å². The third-order valence-corrected chi connectivity index (χ3v) is 4.78. The van der Waals surface area contributed by atoms with Gasteiger partial charge in [0, 0.05) is 12.1 Å². The van der Waals surface area contributed by atoms with Gasteiger partial charge in [-0.05, 0) is 31.4 Å². The van der Waals surface area contributed by atoms with Crippen LogP contribution < -0.4 is 0 Å². The van der Waals surface area contributed by atoms with Crippen molar-refractivity contribution < 1.29 is 14.7 Å². The Morgan fingerprint density at radius 1 is 1.29 bits per heavy atom. The number of benzene rings is 1. The number of hydrogen-bond acceptors (Lipinski definition) is 2. The van der Waals surface area contributed by atoms with Crippen molar-refractivity contribution in [3.63, 3.8) is 0 Å². The van der Waals surface area contributed by atoms with E-state index in [9.17, 15) is 14.7 Å². The first-order valence-electron chi connectivity index (χ1n) is 7.17. The normalized spacial score (nSPS) is 22.8. The van der Waals surface area contributed by atoms with E-state index in [4.69, 9.17) is 11.6 Å². The van der Waals surface area contributed by atoms with Gasteiger partial charge in [-0.3, -0.25) is 9.59 Å². The van der Waals surface area contributed by atoms with Gasteiger partial charge in [-0.1, -0.05) is 36.2 Å². The van der Waals surface area contributed by atoms with Gasteiger partial charge >= 0.3 is 5.97 Å². The Morgan fingerprint density at radius 3 is 2.52 bits per heavy atom. The second-order valence-corrected chi connectivity index (χ2v) is 6.04. The summed E-state index contributed by atoms with van der Waals surface area (Å²) in [5.74, 6) is -1.95. The van der Waals surface area contributed by atoms with Gasteiger partial charge in [-0.2, -0.15) is 0 Å². The molecule has 0 saturated heterocycles. The molecule has 114 valence electrons. The maximum atomic E-state index is 12.6. The molecule has 1 fully saturated rings. The van der Waals surface area contributed by atoms with Crippen LogP contribution in [-0.4, -0.2) is 28.9 Å². The number of hydrogen-bond donors (Lipinski definition) is 1. The zero-order chi connectivity index (χ0) is 15.6. The SMILES string of the molecule is CC(c1ccccc1Cl)N(C)C(=O)C1CCCC1C(=O)O. The molecule has 1 aliphatic carbocycles. The number of carbonyl (C=O) groups is 2. The summed E-state index contributed by atoms with van der Waals surface area (Å²) in [5.41, 5.74) is 0.875. The number of halogens is 1. The number of carbonyl (C=O) groups excluding carboxylic acids is 1. The molecule has 2 rings (SSSR count). The van der Waals surface area contributed by atoms with Gasteiger partial charge in [0.15, 0.2) is 0 Å². The molecule has 1 aromatic rings. The van der Waals surface area contributed by atoms with Crippen LogP contribution in [0.1, 0.15) is 37.8 Å². The molecule has 1 saturated carbocycles. The molecular formula is C16H20ClNO3. The molecule has 21 heavy (non-hydrogen) atoms. The minimum Gasteiger partial charge on any atom is -0.481 e. The lowest BCUT2D eigenvalue weighted by Crippen LogP contribution is -2.38. The number of carboxylic acids is 1. The summed E-state index contributed by atoms with van der Waals surface area (Å²) in [4.78, 5) is 25.5. The van der Waals surface area contributed by atoms with E-state index in [1.165, 1.54) is 0 Å². The first-order chi connectivity index (χ1) is 9.93. The van der Waals surface area contributed by atoms with Gasteiger partial charge in [-0.15, -0.1) is 0 Å². The third-order valence-electron chi connectivity index (χ3n) is 4.43. The van der Waals surface area contributed by atoms with Crippen molar-refractivity contribution in [2.24, 2.45) is 11.8 Å². The van der Waals surface area contributed by atoms with Crippen molar-refractivity contribution >= 4 is 23.5 Å². The second-order valence-electron chi connectivity index (χ2n) is 5.63. The fourth-order valence-electron chi connectivity index (χ4n) is 3.03. The van der Waals surface area contributed by atoms with Crippen molar-refractivity contribution in [1.29, 1.82) is 0 Å². The minimum atomic E-state index is -0.871. The molecule has 1 N–H and O–H groups in total. The lowest BCUT2D eigenvalue weighted by molar-refractivity contribution is -0.149. The van der Waals surface area contributed by atoms with Crippen molar-refractivity contribution in [3.8, 4) is 0 Å². The Hall–Kier alpha value is -1.55. The summed E-state index contributed by atoms with van der Waals surface area (Å²) in [6.45, 7) is 1.91. The van der Waals surface area contributed by atoms with E-state index in [0.717, 1.165) is 12.0 Å². The Labute approximate surface area is 129 Å². The molecule has 3 atom stereocenters. The first kappa shape index (κ1) is 15.8. The highest BCUT2D eigenvalue weighted by atomic mass is 35.5. The predicted octanol–water partition coefficient (Wildman–Crippen LogP) is 3.36. The van der Waals surface area contributed by atoms with Crippen LogP contribution in [0.2, 0.25) is 5.02 Å². The molecule has 5 heteroatoms. The molecule has 0 bridgehead atoms. The maximum Gasteiger partial charge on any atom is 0.307 e. The summed E-state index contributed by atoms with van der Waals surface area (Å²) in [6, 6.07) is 7.23. The van der Waals surface area contributed by atoms with Gasteiger partial charge in [0.2, 0.25) is 5.91 Å². The fourth-order valence-corrected chi connectivity index (χ4v) is 3.32. The largest absolute Gasteiger partial charge is 0.481 e. The lowest BCUT2D eigenvalue weighted by Gasteiger charge is -2.29. The van der Waals surface area contributed by atoms with Gasteiger partial charge in [0.05, 0.1) is 17.9 Å². The van der Waals surface area contributed by atoms with Crippen molar-refractivity contribution in [1.82, 2.24) is 4.90 Å². The molecule has 1 aliphatic rings. The molecule has 0 heterocycles. The van der Waals surface area contributed by atoms with Gasteiger partial charge < -0.3 is 10.0 Å². The van der Waals surface area contributed by atoms with E-state index >= 15 is 0 Å². The molecule has 1 aromatic carbocycles. The highest BCUT2D eigenvalue weighted by molar-refractivity contribution is 6.31.